The van der Waals surface area contributed by atoms with Crippen LogP contribution in [0.15, 0.2) is 79.0 Å². The number of esters is 1. The van der Waals surface area contributed by atoms with E-state index in [0.29, 0.717) is 65.3 Å². The van der Waals surface area contributed by atoms with Gasteiger partial charge in [-0.05, 0) is 99.5 Å². The molecule has 0 aliphatic heterocycles. The molecule has 9 nitrogen and oxygen atoms in total. The highest BCUT2D eigenvalue weighted by molar-refractivity contribution is 6.04. The lowest BCUT2D eigenvalue weighted by Crippen LogP contribution is -2.41. The van der Waals surface area contributed by atoms with Crippen molar-refractivity contribution in [3.8, 4) is 23.0 Å². The number of pyridine rings is 1. The lowest BCUT2D eigenvalue weighted by Gasteiger charge is -2.22. The Labute approximate surface area is 270 Å². The molecule has 242 valence electrons. The van der Waals surface area contributed by atoms with Crippen molar-refractivity contribution in [3.63, 3.8) is 0 Å². The van der Waals surface area contributed by atoms with Gasteiger partial charge in [-0.1, -0.05) is 32.0 Å². The summed E-state index contributed by atoms with van der Waals surface area (Å²) in [6.07, 6.45) is 7.37. The number of amides is 1. The maximum Gasteiger partial charge on any atom is 0.323 e. The van der Waals surface area contributed by atoms with Gasteiger partial charge in [-0.15, -0.1) is 0 Å². The topological polar surface area (TPSA) is 108 Å². The van der Waals surface area contributed by atoms with Crippen LogP contribution in [-0.4, -0.2) is 49.3 Å². The number of carbonyl (C=O) groups excluding carboxylic acids is 2. The number of ether oxygens (including phenoxy) is 4. The molecule has 1 aliphatic rings. The molecular weight excluding hydrogens is 582 g/mol. The van der Waals surface area contributed by atoms with E-state index in [4.69, 9.17) is 18.9 Å². The molecule has 5 rings (SSSR count). The fourth-order valence-corrected chi connectivity index (χ4v) is 5.53. The highest BCUT2D eigenvalue weighted by Gasteiger charge is 2.26. The highest BCUT2D eigenvalue weighted by atomic mass is 16.5. The number of rotatable bonds is 15. The van der Waals surface area contributed by atoms with Gasteiger partial charge in [0.05, 0.1) is 19.2 Å². The molecule has 1 fully saturated rings. The smallest absolute Gasteiger partial charge is 0.323 e. The number of hydrogen-bond donors (Lipinski definition) is 2. The molecule has 0 unspecified atom stereocenters. The Kier molecular flexibility index (Phi) is 11.5. The van der Waals surface area contributed by atoms with Crippen LogP contribution in [0, 0.1) is 5.92 Å². The highest BCUT2D eigenvalue weighted by Crippen LogP contribution is 2.37. The first kappa shape index (κ1) is 32.8. The maximum absolute atomic E-state index is 12.8. The van der Waals surface area contributed by atoms with E-state index in [0.717, 1.165) is 37.5 Å². The monoisotopic (exact) mass is 625 g/mol. The predicted molar refractivity (Wildman–Crippen MR) is 179 cm³/mol. The van der Waals surface area contributed by atoms with E-state index in [9.17, 15) is 9.59 Å². The number of carbonyl (C=O) groups is 2. The van der Waals surface area contributed by atoms with Gasteiger partial charge in [0.15, 0.2) is 11.5 Å². The van der Waals surface area contributed by atoms with Crippen molar-refractivity contribution >= 4 is 28.5 Å². The first-order valence-electron chi connectivity index (χ1n) is 16.1. The molecule has 0 radical (unpaired) electrons. The van der Waals surface area contributed by atoms with Crippen LogP contribution >= 0.6 is 0 Å². The molecule has 1 saturated carbocycles. The van der Waals surface area contributed by atoms with Gasteiger partial charge in [-0.2, -0.15) is 0 Å². The number of hydrogen-bond acceptors (Lipinski definition) is 8. The Morgan fingerprint density at radius 2 is 1.70 bits per heavy atom. The lowest BCUT2D eigenvalue weighted by atomic mass is 10.0. The van der Waals surface area contributed by atoms with Crippen molar-refractivity contribution in [1.29, 1.82) is 0 Å². The van der Waals surface area contributed by atoms with Crippen LogP contribution in [-0.2, 0) is 9.53 Å². The molecule has 1 amide bonds. The van der Waals surface area contributed by atoms with E-state index < -0.39 is 0 Å². The SMILES string of the molecule is COc1cc2c(Oc3ccc(NC(=O)c4ccccc4)cc3)ccnc2cc1OCCCN[C@@H](CC(C)C)C(=O)OC1CCCC1. The van der Waals surface area contributed by atoms with Crippen LogP contribution < -0.4 is 24.8 Å². The van der Waals surface area contributed by atoms with Crippen LogP contribution in [0.25, 0.3) is 10.9 Å². The van der Waals surface area contributed by atoms with Crippen LogP contribution in [0.2, 0.25) is 0 Å². The molecule has 9 heteroatoms. The van der Waals surface area contributed by atoms with Crippen molar-refractivity contribution in [2.24, 2.45) is 5.92 Å². The number of anilines is 1. The minimum absolute atomic E-state index is 0.0622. The molecule has 1 heterocycles. The molecule has 0 bridgehead atoms. The second-order valence-corrected chi connectivity index (χ2v) is 12.0. The van der Waals surface area contributed by atoms with Gasteiger partial charge in [0, 0.05) is 28.9 Å². The zero-order valence-corrected chi connectivity index (χ0v) is 26.8. The van der Waals surface area contributed by atoms with E-state index in [1.54, 1.807) is 55.8 Å². The average Bonchev–Trinajstić information content (AvgIpc) is 3.58. The fraction of sp³-hybridized carbons (Fsp3) is 0.378. The number of fused-ring (bicyclic) bond motifs is 1. The molecule has 0 spiro atoms. The van der Waals surface area contributed by atoms with Crippen molar-refractivity contribution in [3.05, 3.63) is 84.6 Å². The number of methoxy groups -OCH3 is 1. The molecule has 3 aromatic carbocycles. The van der Waals surface area contributed by atoms with E-state index in [-0.39, 0.29) is 24.0 Å². The Hall–Kier alpha value is -4.63. The summed E-state index contributed by atoms with van der Waals surface area (Å²) in [5.74, 6) is 2.42. The largest absolute Gasteiger partial charge is 0.493 e. The van der Waals surface area contributed by atoms with Gasteiger partial charge in [0.1, 0.15) is 23.6 Å². The third-order valence-electron chi connectivity index (χ3n) is 7.91. The zero-order valence-electron chi connectivity index (χ0n) is 26.8. The van der Waals surface area contributed by atoms with Crippen molar-refractivity contribution in [1.82, 2.24) is 10.3 Å². The summed E-state index contributed by atoms with van der Waals surface area (Å²) in [6, 6.07) is 21.4. The summed E-state index contributed by atoms with van der Waals surface area (Å²) < 4.78 is 23.7. The molecule has 0 saturated heterocycles. The molecule has 1 aliphatic carbocycles. The van der Waals surface area contributed by atoms with Crippen LogP contribution in [0.4, 0.5) is 5.69 Å². The van der Waals surface area contributed by atoms with Gasteiger partial charge in [0.2, 0.25) is 0 Å². The van der Waals surface area contributed by atoms with Gasteiger partial charge in [0.25, 0.3) is 5.91 Å². The Morgan fingerprint density at radius 3 is 2.41 bits per heavy atom. The fourth-order valence-electron chi connectivity index (χ4n) is 5.53. The second kappa shape index (κ2) is 16.1. The van der Waals surface area contributed by atoms with E-state index in [2.05, 4.69) is 29.5 Å². The summed E-state index contributed by atoms with van der Waals surface area (Å²) in [6.45, 7) is 5.28. The normalized spacial score (nSPS) is 13.8. The second-order valence-electron chi connectivity index (χ2n) is 12.0. The maximum atomic E-state index is 12.8. The summed E-state index contributed by atoms with van der Waals surface area (Å²) in [5.41, 5.74) is 1.95. The lowest BCUT2D eigenvalue weighted by molar-refractivity contribution is -0.151. The summed E-state index contributed by atoms with van der Waals surface area (Å²) >= 11 is 0. The van der Waals surface area contributed by atoms with Crippen LogP contribution in [0.3, 0.4) is 0 Å². The van der Waals surface area contributed by atoms with E-state index in [1.807, 2.05) is 30.3 Å². The summed E-state index contributed by atoms with van der Waals surface area (Å²) in [7, 11) is 1.60. The molecule has 1 atom stereocenters. The first-order chi connectivity index (χ1) is 22.4. The Balaban J connectivity index is 1.17. The standard InChI is InChI=1S/C37H43N3O6/c1-25(2)22-32(37(42)46-28-12-7-8-13-28)38-19-9-21-44-35-24-31-30(23-34(35)43-3)33(18-20-39-31)45-29-16-14-27(15-17-29)40-36(41)26-10-5-4-6-11-26/h4-6,10-11,14-18,20,23-25,28,32,38H,7-9,12-13,19,21-22H2,1-3H3,(H,40,41)/t32-/m0/s1. The Bertz CT molecular complexity index is 1590. The van der Waals surface area contributed by atoms with Crippen LogP contribution in [0.5, 0.6) is 23.0 Å². The number of benzene rings is 3. The quantitative estimate of drug-likeness (QED) is 0.103. The van der Waals surface area contributed by atoms with Gasteiger partial charge < -0.3 is 29.6 Å². The summed E-state index contributed by atoms with van der Waals surface area (Å²) in [4.78, 5) is 29.8. The van der Waals surface area contributed by atoms with Gasteiger partial charge in [-0.25, -0.2) is 0 Å². The number of nitrogens with zero attached hydrogens (tertiary/aromatic N) is 1. The molecule has 46 heavy (non-hydrogen) atoms. The Morgan fingerprint density at radius 1 is 0.935 bits per heavy atom. The summed E-state index contributed by atoms with van der Waals surface area (Å²) in [5, 5.41) is 7.05. The zero-order chi connectivity index (χ0) is 32.3. The van der Waals surface area contributed by atoms with Crippen LogP contribution in [0.1, 0.15) is 62.7 Å². The molecule has 2 N–H and O–H groups in total. The van der Waals surface area contributed by atoms with Crippen molar-refractivity contribution in [2.45, 2.75) is 64.5 Å². The molecule has 1 aromatic heterocycles. The third kappa shape index (κ3) is 8.97. The predicted octanol–water partition coefficient (Wildman–Crippen LogP) is 7.55. The van der Waals surface area contributed by atoms with E-state index >= 15 is 0 Å². The first-order valence-corrected chi connectivity index (χ1v) is 16.1. The molecule has 4 aromatic rings. The van der Waals surface area contributed by atoms with Gasteiger partial charge >= 0.3 is 5.97 Å². The number of nitrogens with one attached hydrogen (secondary N) is 2. The van der Waals surface area contributed by atoms with E-state index in [1.165, 1.54) is 0 Å². The third-order valence-corrected chi connectivity index (χ3v) is 7.91. The van der Waals surface area contributed by atoms with Gasteiger partial charge in [-0.3, -0.25) is 14.6 Å². The van der Waals surface area contributed by atoms with Crippen molar-refractivity contribution in [2.75, 3.05) is 25.6 Å². The minimum atomic E-state index is -0.317. The van der Waals surface area contributed by atoms with Crippen molar-refractivity contribution < 1.29 is 28.5 Å². The average molecular weight is 626 g/mol. The number of aromatic nitrogens is 1. The minimum Gasteiger partial charge on any atom is -0.493 e. The molecular formula is C37H43N3O6.